The molecule has 2 aromatic heterocycles. The summed E-state index contributed by atoms with van der Waals surface area (Å²) in [6.45, 7) is 0.763. The van der Waals surface area contributed by atoms with Gasteiger partial charge in [0.2, 0.25) is 0 Å². The Morgan fingerprint density at radius 3 is 2.80 bits per heavy atom. The van der Waals surface area contributed by atoms with Crippen LogP contribution in [0.2, 0.25) is 0 Å². The summed E-state index contributed by atoms with van der Waals surface area (Å²) >= 11 is 0. The van der Waals surface area contributed by atoms with E-state index in [1.807, 2.05) is 19.4 Å². The molecule has 5 nitrogen and oxygen atoms in total. The highest BCUT2D eigenvalue weighted by Crippen LogP contribution is 2.00. The maximum absolute atomic E-state index is 10.4. The molecule has 0 fully saturated rings. The number of aryl methyl sites for hydroxylation is 3. The summed E-state index contributed by atoms with van der Waals surface area (Å²) in [5.74, 6) is 0. The molecule has 0 aliphatic rings. The second-order valence-corrected chi connectivity index (χ2v) is 3.43. The van der Waals surface area contributed by atoms with Crippen LogP contribution in [0, 0.1) is 0 Å². The van der Waals surface area contributed by atoms with Crippen molar-refractivity contribution in [2.24, 2.45) is 7.05 Å². The van der Waals surface area contributed by atoms with Crippen molar-refractivity contribution in [2.45, 2.75) is 13.0 Å². The van der Waals surface area contributed by atoms with Crippen LogP contribution in [0.25, 0.3) is 0 Å². The Morgan fingerprint density at radius 1 is 1.33 bits per heavy atom. The number of carbonyl (C=O) groups is 1. The van der Waals surface area contributed by atoms with Gasteiger partial charge in [0.1, 0.15) is 0 Å². The lowest BCUT2D eigenvalue weighted by molar-refractivity contribution is 0.112. The fraction of sp³-hybridized carbons (Fsp3) is 0.300. The van der Waals surface area contributed by atoms with Gasteiger partial charge in [-0.05, 0) is 12.0 Å². The van der Waals surface area contributed by atoms with E-state index in [0.29, 0.717) is 5.56 Å². The minimum atomic E-state index is 0.612. The summed E-state index contributed by atoms with van der Waals surface area (Å²) in [4.78, 5) is 10.4. The number of aromatic nitrogens is 4. The van der Waals surface area contributed by atoms with Crippen molar-refractivity contribution in [1.29, 1.82) is 0 Å². The topological polar surface area (TPSA) is 52.7 Å². The molecule has 0 amide bonds. The summed E-state index contributed by atoms with van der Waals surface area (Å²) in [5.41, 5.74) is 1.78. The lowest BCUT2D eigenvalue weighted by atomic mass is 10.2. The van der Waals surface area contributed by atoms with Crippen LogP contribution < -0.4 is 0 Å². The monoisotopic (exact) mass is 204 g/mol. The maximum Gasteiger partial charge on any atom is 0.153 e. The molecule has 0 aromatic carbocycles. The smallest absolute Gasteiger partial charge is 0.153 e. The molecule has 2 heterocycles. The SMILES string of the molecule is Cn1cc(CCn2cc(C=O)cn2)cn1. The van der Waals surface area contributed by atoms with Crippen molar-refractivity contribution in [3.05, 3.63) is 35.9 Å². The molecule has 0 aliphatic heterocycles. The van der Waals surface area contributed by atoms with Gasteiger partial charge in [-0.15, -0.1) is 0 Å². The fourth-order valence-corrected chi connectivity index (χ4v) is 1.41. The van der Waals surface area contributed by atoms with E-state index in [2.05, 4.69) is 10.2 Å². The molecule has 0 atom stereocenters. The van der Waals surface area contributed by atoms with Crippen LogP contribution in [0.15, 0.2) is 24.8 Å². The van der Waals surface area contributed by atoms with Crippen LogP contribution in [0.1, 0.15) is 15.9 Å². The molecule has 0 spiro atoms. The standard InChI is InChI=1S/C10H12N4O/c1-13-6-9(4-11-13)2-3-14-7-10(8-15)5-12-14/h4-8H,2-3H2,1H3. The van der Waals surface area contributed by atoms with Gasteiger partial charge in [-0.3, -0.25) is 14.2 Å². The quantitative estimate of drug-likeness (QED) is 0.688. The Balaban J connectivity index is 1.95. The van der Waals surface area contributed by atoms with Gasteiger partial charge in [0.05, 0.1) is 18.0 Å². The fourth-order valence-electron chi connectivity index (χ4n) is 1.41. The van der Waals surface area contributed by atoms with E-state index in [-0.39, 0.29) is 0 Å². The first-order valence-corrected chi connectivity index (χ1v) is 4.73. The molecule has 78 valence electrons. The third-order valence-corrected chi connectivity index (χ3v) is 2.18. The first-order chi connectivity index (χ1) is 7.28. The molecule has 0 unspecified atom stereocenters. The summed E-state index contributed by atoms with van der Waals surface area (Å²) in [7, 11) is 1.89. The van der Waals surface area contributed by atoms with E-state index < -0.39 is 0 Å². The van der Waals surface area contributed by atoms with Gasteiger partial charge in [0.25, 0.3) is 0 Å². The highest BCUT2D eigenvalue weighted by atomic mass is 16.1. The van der Waals surface area contributed by atoms with E-state index in [4.69, 9.17) is 0 Å². The predicted molar refractivity (Wildman–Crippen MR) is 54.5 cm³/mol. The Hall–Kier alpha value is -1.91. The molecule has 0 aliphatic carbocycles. The van der Waals surface area contributed by atoms with Gasteiger partial charge in [-0.25, -0.2) is 0 Å². The average Bonchev–Trinajstić information content (AvgIpc) is 2.83. The Bertz CT molecular complexity index is 457. The van der Waals surface area contributed by atoms with E-state index in [1.165, 1.54) is 5.56 Å². The van der Waals surface area contributed by atoms with Crippen molar-refractivity contribution < 1.29 is 4.79 Å². The molecule has 2 aromatic rings. The summed E-state index contributed by atoms with van der Waals surface area (Å²) in [6, 6.07) is 0. The van der Waals surface area contributed by atoms with Gasteiger partial charge in [0.15, 0.2) is 6.29 Å². The Morgan fingerprint density at radius 2 is 2.20 bits per heavy atom. The molecule has 0 saturated heterocycles. The van der Waals surface area contributed by atoms with Gasteiger partial charge >= 0.3 is 0 Å². The third kappa shape index (κ3) is 2.31. The van der Waals surface area contributed by atoms with E-state index >= 15 is 0 Å². The van der Waals surface area contributed by atoms with Gasteiger partial charge in [-0.1, -0.05) is 0 Å². The summed E-state index contributed by atoms with van der Waals surface area (Å²) in [5, 5.41) is 8.15. The molecule has 5 heteroatoms. The zero-order valence-electron chi connectivity index (χ0n) is 8.50. The highest BCUT2D eigenvalue weighted by Gasteiger charge is 1.99. The second kappa shape index (κ2) is 4.08. The van der Waals surface area contributed by atoms with Crippen molar-refractivity contribution >= 4 is 6.29 Å². The summed E-state index contributed by atoms with van der Waals surface area (Å²) in [6.07, 6.45) is 8.79. The molecule has 0 saturated carbocycles. The second-order valence-electron chi connectivity index (χ2n) is 3.43. The molecule has 0 N–H and O–H groups in total. The Kier molecular flexibility index (Phi) is 2.62. The number of nitrogens with zero attached hydrogens (tertiary/aromatic N) is 4. The normalized spacial score (nSPS) is 10.5. The van der Waals surface area contributed by atoms with Crippen LogP contribution in [0.5, 0.6) is 0 Å². The number of hydrogen-bond acceptors (Lipinski definition) is 3. The first kappa shape index (κ1) is 9.64. The molecule has 0 bridgehead atoms. The van der Waals surface area contributed by atoms with Crippen molar-refractivity contribution in [3.8, 4) is 0 Å². The van der Waals surface area contributed by atoms with Crippen LogP contribution in [-0.4, -0.2) is 25.8 Å². The third-order valence-electron chi connectivity index (χ3n) is 2.18. The molecule has 0 radical (unpaired) electrons. The van der Waals surface area contributed by atoms with E-state index in [9.17, 15) is 4.79 Å². The van der Waals surface area contributed by atoms with Crippen LogP contribution in [0.3, 0.4) is 0 Å². The van der Waals surface area contributed by atoms with Crippen LogP contribution >= 0.6 is 0 Å². The average molecular weight is 204 g/mol. The number of carbonyl (C=O) groups excluding carboxylic acids is 1. The lowest BCUT2D eigenvalue weighted by Gasteiger charge is -1.97. The number of aldehydes is 1. The van der Waals surface area contributed by atoms with Crippen molar-refractivity contribution in [1.82, 2.24) is 19.6 Å². The minimum Gasteiger partial charge on any atom is -0.298 e. The molecule has 2 rings (SSSR count). The van der Waals surface area contributed by atoms with Crippen molar-refractivity contribution in [2.75, 3.05) is 0 Å². The zero-order chi connectivity index (χ0) is 10.7. The molecular weight excluding hydrogens is 192 g/mol. The van der Waals surface area contributed by atoms with Crippen molar-refractivity contribution in [3.63, 3.8) is 0 Å². The van der Waals surface area contributed by atoms with Gasteiger partial charge in [-0.2, -0.15) is 10.2 Å². The van der Waals surface area contributed by atoms with E-state index in [1.54, 1.807) is 21.8 Å². The maximum atomic E-state index is 10.4. The predicted octanol–water partition coefficient (Wildman–Crippen LogP) is 0.672. The number of hydrogen-bond donors (Lipinski definition) is 0. The zero-order valence-corrected chi connectivity index (χ0v) is 8.50. The number of rotatable bonds is 4. The largest absolute Gasteiger partial charge is 0.298 e. The molecular formula is C10H12N4O. The Labute approximate surface area is 87.3 Å². The van der Waals surface area contributed by atoms with E-state index in [0.717, 1.165) is 19.3 Å². The van der Waals surface area contributed by atoms with Crippen LogP contribution in [0.4, 0.5) is 0 Å². The molecule has 15 heavy (non-hydrogen) atoms. The first-order valence-electron chi connectivity index (χ1n) is 4.73. The minimum absolute atomic E-state index is 0.612. The highest BCUT2D eigenvalue weighted by molar-refractivity contribution is 5.73. The lowest BCUT2D eigenvalue weighted by Crippen LogP contribution is -2.00. The van der Waals surface area contributed by atoms with Gasteiger partial charge in [0, 0.05) is 26.0 Å². The summed E-state index contributed by atoms with van der Waals surface area (Å²) < 4.78 is 3.53. The van der Waals surface area contributed by atoms with Crippen LogP contribution in [-0.2, 0) is 20.0 Å². The van der Waals surface area contributed by atoms with Gasteiger partial charge < -0.3 is 0 Å².